The van der Waals surface area contributed by atoms with Gasteiger partial charge in [0.2, 0.25) is 5.95 Å². The van der Waals surface area contributed by atoms with Crippen LogP contribution >= 0.6 is 0 Å². The smallest absolute Gasteiger partial charge is 0.407 e. The number of nitrogens with zero attached hydrogens (tertiary/aromatic N) is 5. The van der Waals surface area contributed by atoms with Gasteiger partial charge < -0.3 is 15.4 Å². The van der Waals surface area contributed by atoms with Crippen LogP contribution in [0.3, 0.4) is 0 Å². The van der Waals surface area contributed by atoms with Crippen molar-refractivity contribution in [3.63, 3.8) is 0 Å². The third-order valence-corrected chi connectivity index (χ3v) is 4.86. The third-order valence-electron chi connectivity index (χ3n) is 4.86. The van der Waals surface area contributed by atoms with Crippen molar-refractivity contribution in [3.8, 4) is 22.8 Å². The van der Waals surface area contributed by atoms with Crippen LogP contribution in [-0.2, 0) is 4.74 Å². The number of hydrogen-bond donors (Lipinski definition) is 2. The number of hydrogen-bond acceptors (Lipinski definition) is 7. The maximum absolute atomic E-state index is 11.8. The molecule has 4 rings (SSSR count). The van der Waals surface area contributed by atoms with Crippen molar-refractivity contribution >= 4 is 17.7 Å². The quantitative estimate of drug-likeness (QED) is 0.392. The molecule has 0 aliphatic carbocycles. The number of carbonyl (C=O) groups is 1. The summed E-state index contributed by atoms with van der Waals surface area (Å²) in [5.41, 5.74) is 4.37. The van der Waals surface area contributed by atoms with E-state index in [1.807, 2.05) is 80.8 Å². The highest BCUT2D eigenvalue weighted by molar-refractivity contribution is 5.79. The molecule has 9 nitrogen and oxygen atoms in total. The van der Waals surface area contributed by atoms with Crippen LogP contribution in [0.1, 0.15) is 32.9 Å². The van der Waals surface area contributed by atoms with E-state index in [2.05, 4.69) is 20.6 Å². The van der Waals surface area contributed by atoms with Crippen molar-refractivity contribution in [1.82, 2.24) is 29.7 Å². The maximum atomic E-state index is 11.8. The number of rotatable bonds is 7. The van der Waals surface area contributed by atoms with Crippen molar-refractivity contribution in [3.05, 3.63) is 60.6 Å². The Bertz CT molecular complexity index is 1290. The minimum Gasteiger partial charge on any atom is -0.444 e. The van der Waals surface area contributed by atoms with Crippen LogP contribution < -0.4 is 10.6 Å². The van der Waals surface area contributed by atoms with Crippen LogP contribution in [0.4, 0.5) is 10.7 Å². The van der Waals surface area contributed by atoms with Gasteiger partial charge in [0, 0.05) is 31.2 Å². The van der Waals surface area contributed by atoms with Crippen molar-refractivity contribution in [2.24, 2.45) is 0 Å². The molecule has 1 amide bonds. The molecule has 4 heterocycles. The fraction of sp³-hybridized carbons (Fsp3) is 0.320. The van der Waals surface area contributed by atoms with E-state index in [1.165, 1.54) is 0 Å². The normalized spacial score (nSPS) is 11.4. The second-order valence-electron chi connectivity index (χ2n) is 8.88. The lowest BCUT2D eigenvalue weighted by Crippen LogP contribution is -2.33. The number of pyridine rings is 2. The Morgan fingerprint density at radius 2 is 1.85 bits per heavy atom. The van der Waals surface area contributed by atoms with Crippen molar-refractivity contribution in [2.75, 3.05) is 18.4 Å². The highest BCUT2D eigenvalue weighted by atomic mass is 16.6. The molecule has 0 bridgehead atoms. The molecule has 4 aromatic rings. The van der Waals surface area contributed by atoms with Crippen LogP contribution in [-0.4, -0.2) is 49.1 Å². The third kappa shape index (κ3) is 5.67. The minimum absolute atomic E-state index is 0.421. The predicted molar refractivity (Wildman–Crippen MR) is 132 cm³/mol. The summed E-state index contributed by atoms with van der Waals surface area (Å²) < 4.78 is 7.25. The van der Waals surface area contributed by atoms with Gasteiger partial charge in [-0.25, -0.2) is 19.7 Å². The first-order valence-corrected chi connectivity index (χ1v) is 11.3. The van der Waals surface area contributed by atoms with E-state index in [4.69, 9.17) is 14.7 Å². The Kier molecular flexibility index (Phi) is 6.72. The van der Waals surface area contributed by atoms with E-state index in [0.717, 1.165) is 34.1 Å². The fourth-order valence-electron chi connectivity index (χ4n) is 3.46. The first-order valence-electron chi connectivity index (χ1n) is 11.3. The number of amides is 1. The number of fused-ring (bicyclic) bond motifs is 1. The number of aryl methyl sites for hydroxylation is 1. The highest BCUT2D eigenvalue weighted by Gasteiger charge is 2.19. The van der Waals surface area contributed by atoms with E-state index < -0.39 is 11.7 Å². The fourth-order valence-corrected chi connectivity index (χ4v) is 3.46. The number of anilines is 1. The molecule has 176 valence electrons. The van der Waals surface area contributed by atoms with Crippen LogP contribution in [0.2, 0.25) is 0 Å². The van der Waals surface area contributed by atoms with Crippen LogP contribution in [0.5, 0.6) is 0 Å². The van der Waals surface area contributed by atoms with E-state index >= 15 is 0 Å². The minimum atomic E-state index is -0.513. The second-order valence-corrected chi connectivity index (χ2v) is 8.88. The molecule has 0 aliphatic heterocycles. The number of nitrogens with one attached hydrogen (secondary N) is 2. The van der Waals surface area contributed by atoms with Gasteiger partial charge in [0.15, 0.2) is 0 Å². The molecule has 0 unspecified atom stereocenters. The number of ether oxygens (including phenoxy) is 1. The lowest BCUT2D eigenvalue weighted by Gasteiger charge is -2.19. The Morgan fingerprint density at radius 3 is 2.65 bits per heavy atom. The Hall–Kier alpha value is -4.01. The molecule has 2 N–H and O–H groups in total. The zero-order chi connectivity index (χ0) is 24.1. The van der Waals surface area contributed by atoms with Gasteiger partial charge in [-0.05, 0) is 64.4 Å². The molecular weight excluding hydrogens is 430 g/mol. The number of imidazole rings is 1. The summed E-state index contributed by atoms with van der Waals surface area (Å²) in [5.74, 6) is 0.504. The van der Waals surface area contributed by atoms with Gasteiger partial charge in [-0.2, -0.15) is 0 Å². The lowest BCUT2D eigenvalue weighted by molar-refractivity contribution is 0.0528. The molecule has 0 spiro atoms. The summed E-state index contributed by atoms with van der Waals surface area (Å²) in [5, 5.41) is 5.97. The summed E-state index contributed by atoms with van der Waals surface area (Å²) in [7, 11) is 0. The molecule has 0 atom stereocenters. The van der Waals surface area contributed by atoms with Crippen LogP contribution in [0, 0.1) is 6.92 Å². The average molecular weight is 460 g/mol. The summed E-state index contributed by atoms with van der Waals surface area (Å²) in [6, 6.07) is 13.6. The van der Waals surface area contributed by atoms with E-state index in [0.29, 0.717) is 25.5 Å². The Labute approximate surface area is 198 Å². The first kappa shape index (κ1) is 23.2. The average Bonchev–Trinajstić information content (AvgIpc) is 3.18. The molecule has 0 saturated carbocycles. The lowest BCUT2D eigenvalue weighted by atomic mass is 10.1. The van der Waals surface area contributed by atoms with Crippen molar-refractivity contribution in [1.29, 1.82) is 0 Å². The maximum Gasteiger partial charge on any atom is 0.407 e. The van der Waals surface area contributed by atoms with Gasteiger partial charge >= 0.3 is 6.09 Å². The summed E-state index contributed by atoms with van der Waals surface area (Å²) in [4.78, 5) is 30.3. The number of alkyl carbamates (subject to hydrolysis) is 1. The standard InChI is InChI=1S/C25H29N7O2/c1-17-9-7-10-18(29-17)21-22(32-16-6-5-11-20(32)31-21)19-12-15-27-23(30-19)26-13-8-14-28-24(33)34-25(2,3)4/h5-7,9-12,15-16H,8,13-14H2,1-4H3,(H,28,33)(H,26,27,30). The Balaban J connectivity index is 1.50. The summed E-state index contributed by atoms with van der Waals surface area (Å²) in [6.07, 6.45) is 3.96. The van der Waals surface area contributed by atoms with Crippen LogP contribution in [0.15, 0.2) is 54.9 Å². The van der Waals surface area contributed by atoms with Gasteiger partial charge in [-0.15, -0.1) is 0 Å². The van der Waals surface area contributed by atoms with Crippen molar-refractivity contribution < 1.29 is 9.53 Å². The van der Waals surface area contributed by atoms with E-state index in [1.54, 1.807) is 6.20 Å². The molecule has 0 aromatic carbocycles. The highest BCUT2D eigenvalue weighted by Crippen LogP contribution is 2.31. The van der Waals surface area contributed by atoms with Gasteiger partial charge in [-0.1, -0.05) is 12.1 Å². The molecule has 34 heavy (non-hydrogen) atoms. The number of carbonyl (C=O) groups excluding carboxylic acids is 1. The topological polar surface area (TPSA) is 106 Å². The summed E-state index contributed by atoms with van der Waals surface area (Å²) in [6.45, 7) is 8.55. The zero-order valence-corrected chi connectivity index (χ0v) is 19.9. The molecule has 0 saturated heterocycles. The molecule has 9 heteroatoms. The molecule has 4 aromatic heterocycles. The predicted octanol–water partition coefficient (Wildman–Crippen LogP) is 4.49. The van der Waals surface area contributed by atoms with Gasteiger partial charge in [0.25, 0.3) is 0 Å². The van der Waals surface area contributed by atoms with E-state index in [9.17, 15) is 4.79 Å². The first-order chi connectivity index (χ1) is 16.3. The van der Waals surface area contributed by atoms with Crippen LogP contribution in [0.25, 0.3) is 28.4 Å². The monoisotopic (exact) mass is 459 g/mol. The molecular formula is C25H29N7O2. The van der Waals surface area contributed by atoms with Gasteiger partial charge in [0.1, 0.15) is 22.6 Å². The van der Waals surface area contributed by atoms with E-state index in [-0.39, 0.29) is 0 Å². The largest absolute Gasteiger partial charge is 0.444 e. The number of aromatic nitrogens is 5. The molecule has 0 fully saturated rings. The SMILES string of the molecule is Cc1cccc(-c2nc3ccccn3c2-c2ccnc(NCCCNC(=O)OC(C)(C)C)n2)n1. The Morgan fingerprint density at radius 1 is 1.00 bits per heavy atom. The molecule has 0 aliphatic rings. The second kappa shape index (κ2) is 9.86. The van der Waals surface area contributed by atoms with Gasteiger partial charge in [0.05, 0.1) is 11.4 Å². The van der Waals surface area contributed by atoms with Gasteiger partial charge in [-0.3, -0.25) is 9.38 Å². The van der Waals surface area contributed by atoms with Crippen molar-refractivity contribution in [2.45, 2.75) is 39.7 Å². The summed E-state index contributed by atoms with van der Waals surface area (Å²) >= 11 is 0. The zero-order valence-electron chi connectivity index (χ0n) is 19.9. The molecule has 0 radical (unpaired) electrons.